The van der Waals surface area contributed by atoms with Crippen molar-refractivity contribution in [3.63, 3.8) is 0 Å². The molecule has 11 heteroatoms. The molecule has 1 aromatic heterocycles. The van der Waals surface area contributed by atoms with Crippen LogP contribution in [0.25, 0.3) is 5.69 Å². The molecule has 9 nitrogen and oxygen atoms in total. The molecule has 3 rings (SSSR count). The number of esters is 1. The summed E-state index contributed by atoms with van der Waals surface area (Å²) >= 11 is 0. The van der Waals surface area contributed by atoms with Gasteiger partial charge >= 0.3 is 12.1 Å². The Morgan fingerprint density at radius 3 is 2.29 bits per heavy atom. The minimum Gasteiger partial charge on any atom is -0.453 e. The molecule has 0 bridgehead atoms. The summed E-state index contributed by atoms with van der Waals surface area (Å²) in [6.07, 6.45) is 0.716. The van der Waals surface area contributed by atoms with Gasteiger partial charge in [0, 0.05) is 44.3 Å². The van der Waals surface area contributed by atoms with Crippen molar-refractivity contribution >= 4 is 18.0 Å². The van der Waals surface area contributed by atoms with Gasteiger partial charge in [0.15, 0.2) is 6.10 Å². The van der Waals surface area contributed by atoms with Gasteiger partial charge in [-0.1, -0.05) is 51.1 Å². The number of ether oxygens (including phenoxy) is 2. The van der Waals surface area contributed by atoms with Gasteiger partial charge in [0.1, 0.15) is 22.9 Å². The Kier molecular flexibility index (Phi) is 11.5. The lowest BCUT2D eigenvalue weighted by molar-refractivity contribution is -0.160. The van der Waals surface area contributed by atoms with Crippen LogP contribution in [0.1, 0.15) is 84.7 Å². The molecule has 1 unspecified atom stereocenters. The summed E-state index contributed by atoms with van der Waals surface area (Å²) in [5.74, 6) is -2.34. The first-order valence-corrected chi connectivity index (χ1v) is 15.0. The van der Waals surface area contributed by atoms with Crippen molar-refractivity contribution in [2.24, 2.45) is 5.41 Å². The highest BCUT2D eigenvalue weighted by Gasteiger charge is 2.40. The van der Waals surface area contributed by atoms with Crippen molar-refractivity contribution in [2.45, 2.75) is 86.0 Å². The first-order valence-electron chi connectivity index (χ1n) is 15.0. The molecule has 0 radical (unpaired) electrons. The van der Waals surface area contributed by atoms with E-state index in [9.17, 15) is 23.2 Å². The third-order valence-electron chi connectivity index (χ3n) is 6.82. The van der Waals surface area contributed by atoms with Gasteiger partial charge in [-0.2, -0.15) is 5.10 Å². The number of amides is 2. The number of benzene rings is 2. The summed E-state index contributed by atoms with van der Waals surface area (Å²) in [7, 11) is 0. The third-order valence-corrected chi connectivity index (χ3v) is 6.82. The minimum absolute atomic E-state index is 0.0732. The Hall–Kier alpha value is -4.28. The molecule has 2 atom stereocenters. The van der Waals surface area contributed by atoms with E-state index in [0.29, 0.717) is 24.1 Å². The molecule has 1 N–H and O–H groups in total. The van der Waals surface area contributed by atoms with Gasteiger partial charge in [0.25, 0.3) is 5.91 Å². The maximum absolute atomic E-state index is 15.0. The van der Waals surface area contributed by atoms with Gasteiger partial charge in [-0.3, -0.25) is 9.59 Å². The molecule has 2 aromatic carbocycles. The minimum atomic E-state index is -1.11. The van der Waals surface area contributed by atoms with Crippen LogP contribution in [0, 0.1) is 17.0 Å². The van der Waals surface area contributed by atoms with Crippen LogP contribution < -0.4 is 5.32 Å². The maximum atomic E-state index is 15.0. The highest BCUT2D eigenvalue weighted by atomic mass is 19.1. The molecule has 45 heavy (non-hydrogen) atoms. The monoisotopic (exact) mass is 626 g/mol. The Morgan fingerprint density at radius 1 is 1.02 bits per heavy atom. The summed E-state index contributed by atoms with van der Waals surface area (Å²) < 4.78 is 41.1. The average molecular weight is 627 g/mol. The number of hydrogen-bond donors (Lipinski definition) is 1. The number of carbonyl (C=O) groups is 3. The molecule has 0 aliphatic rings. The lowest BCUT2D eigenvalue weighted by Gasteiger charge is -2.41. The van der Waals surface area contributed by atoms with E-state index in [2.05, 4.69) is 5.32 Å². The lowest BCUT2D eigenvalue weighted by Crippen LogP contribution is -2.47. The SMILES string of the molecule is CC(=O)O[C@@H](C)C(=O)N(CCCNC(=O)OC(C)(C)C)C(c1nn(-c2cc(F)ccc2F)cc1Cc1ccccc1)C(C)(C)C. The predicted molar refractivity (Wildman–Crippen MR) is 167 cm³/mol. The molecule has 244 valence electrons. The summed E-state index contributed by atoms with van der Waals surface area (Å²) in [4.78, 5) is 39.6. The number of hydrogen-bond acceptors (Lipinski definition) is 6. The zero-order valence-corrected chi connectivity index (χ0v) is 27.3. The number of aromatic nitrogens is 2. The molecule has 2 amide bonds. The van der Waals surface area contributed by atoms with Crippen LogP contribution in [0.4, 0.5) is 13.6 Å². The van der Waals surface area contributed by atoms with Crippen molar-refractivity contribution in [1.82, 2.24) is 20.0 Å². The van der Waals surface area contributed by atoms with E-state index in [1.54, 1.807) is 31.9 Å². The van der Waals surface area contributed by atoms with Gasteiger partial charge in [0.2, 0.25) is 0 Å². The number of halogens is 2. The summed E-state index contributed by atoms with van der Waals surface area (Å²) in [6, 6.07) is 12.1. The fraction of sp³-hybridized carbons (Fsp3) is 0.471. The highest BCUT2D eigenvalue weighted by Crippen LogP contribution is 2.40. The molecular formula is C34H44F2N4O5. The summed E-state index contributed by atoms with van der Waals surface area (Å²) in [5.41, 5.74) is 0.773. The summed E-state index contributed by atoms with van der Waals surface area (Å²) in [6.45, 7) is 14.2. The zero-order valence-electron chi connectivity index (χ0n) is 27.3. The zero-order chi connectivity index (χ0) is 33.5. The number of alkyl carbamates (subject to hydrolysis) is 1. The fourth-order valence-corrected chi connectivity index (χ4v) is 5.07. The first-order chi connectivity index (χ1) is 21.0. The Bertz CT molecular complexity index is 1480. The van der Waals surface area contributed by atoms with Crippen LogP contribution in [0.3, 0.4) is 0 Å². The molecule has 3 aromatic rings. The molecule has 0 fully saturated rings. The van der Waals surface area contributed by atoms with Gasteiger partial charge in [-0.05, 0) is 57.2 Å². The number of nitrogens with zero attached hydrogens (tertiary/aromatic N) is 3. The van der Waals surface area contributed by atoms with Crippen molar-refractivity contribution in [2.75, 3.05) is 13.1 Å². The highest BCUT2D eigenvalue weighted by molar-refractivity contribution is 5.83. The van der Waals surface area contributed by atoms with Crippen LogP contribution in [0.2, 0.25) is 0 Å². The predicted octanol–water partition coefficient (Wildman–Crippen LogP) is 6.52. The molecular weight excluding hydrogens is 582 g/mol. The van der Waals surface area contributed by atoms with Crippen LogP contribution >= 0.6 is 0 Å². The topological polar surface area (TPSA) is 103 Å². The van der Waals surface area contributed by atoms with E-state index in [1.807, 2.05) is 51.1 Å². The normalized spacial score (nSPS) is 13.1. The van der Waals surface area contributed by atoms with E-state index >= 15 is 0 Å². The molecule has 0 saturated heterocycles. The van der Waals surface area contributed by atoms with Crippen molar-refractivity contribution in [3.8, 4) is 5.69 Å². The first kappa shape index (κ1) is 35.2. The van der Waals surface area contributed by atoms with Gasteiger partial charge in [0.05, 0.1) is 11.7 Å². The quantitative estimate of drug-likeness (QED) is 0.192. The van der Waals surface area contributed by atoms with Gasteiger partial charge in [-0.15, -0.1) is 0 Å². The Balaban J connectivity index is 2.10. The van der Waals surface area contributed by atoms with E-state index in [-0.39, 0.29) is 18.8 Å². The second-order valence-corrected chi connectivity index (χ2v) is 13.1. The van der Waals surface area contributed by atoms with Gasteiger partial charge in [-0.25, -0.2) is 18.3 Å². The maximum Gasteiger partial charge on any atom is 0.407 e. The van der Waals surface area contributed by atoms with E-state index in [4.69, 9.17) is 14.6 Å². The number of rotatable bonds is 11. The standard InChI is InChI=1S/C34H44F2N4O5/c1-22(44-23(2)41)31(42)39(18-12-17-37-32(43)45-34(6,7)8)30(33(3,4)5)29-25(19-24-13-10-9-11-14-24)21-40(38-29)28-20-26(35)15-16-27(28)36/h9-11,13-16,20-22,30H,12,17-19H2,1-8H3,(H,37,43)/t22-,30?/m0/s1. The largest absolute Gasteiger partial charge is 0.453 e. The van der Waals surface area contributed by atoms with Crippen molar-refractivity contribution in [1.29, 1.82) is 0 Å². The fourth-order valence-electron chi connectivity index (χ4n) is 5.07. The second-order valence-electron chi connectivity index (χ2n) is 13.1. The van der Waals surface area contributed by atoms with Crippen LogP contribution in [-0.2, 0) is 25.5 Å². The van der Waals surface area contributed by atoms with Gasteiger partial charge < -0.3 is 19.7 Å². The number of carbonyl (C=O) groups excluding carboxylic acids is 3. The van der Waals surface area contributed by atoms with E-state index < -0.39 is 52.8 Å². The molecule has 0 aliphatic carbocycles. The Labute approximate surface area is 263 Å². The molecule has 0 spiro atoms. The van der Waals surface area contributed by atoms with Crippen LogP contribution in [0.15, 0.2) is 54.7 Å². The lowest BCUT2D eigenvalue weighted by atomic mass is 9.81. The molecule has 1 heterocycles. The van der Waals surface area contributed by atoms with E-state index in [0.717, 1.165) is 23.8 Å². The molecule has 0 saturated carbocycles. The average Bonchev–Trinajstić information content (AvgIpc) is 3.32. The Morgan fingerprint density at radius 2 is 1.69 bits per heavy atom. The summed E-state index contributed by atoms with van der Waals surface area (Å²) in [5, 5.41) is 7.50. The van der Waals surface area contributed by atoms with Crippen molar-refractivity contribution in [3.05, 3.63) is 83.2 Å². The van der Waals surface area contributed by atoms with Crippen LogP contribution in [0.5, 0.6) is 0 Å². The van der Waals surface area contributed by atoms with Crippen molar-refractivity contribution < 1.29 is 32.6 Å². The van der Waals surface area contributed by atoms with E-state index in [1.165, 1.54) is 18.5 Å². The smallest absolute Gasteiger partial charge is 0.407 e. The number of nitrogens with one attached hydrogen (secondary N) is 1. The molecule has 0 aliphatic heterocycles. The third kappa shape index (κ3) is 10.1. The van der Waals surface area contributed by atoms with Crippen LogP contribution in [-0.4, -0.2) is 57.4 Å². The second kappa shape index (κ2) is 14.7.